The van der Waals surface area contributed by atoms with Gasteiger partial charge in [-0.3, -0.25) is 4.98 Å². The average molecular weight is 422 g/mol. The van der Waals surface area contributed by atoms with E-state index in [9.17, 15) is 0 Å². The van der Waals surface area contributed by atoms with Gasteiger partial charge in [0.15, 0.2) is 0 Å². The molecule has 3 nitrogen and oxygen atoms in total. The molecule has 122 valence electrons. The third kappa shape index (κ3) is 3.48. The van der Waals surface area contributed by atoms with Gasteiger partial charge in [-0.15, -0.1) is 0 Å². The van der Waals surface area contributed by atoms with Crippen molar-refractivity contribution in [1.29, 1.82) is 0 Å². The van der Waals surface area contributed by atoms with Crippen molar-refractivity contribution < 1.29 is 4.74 Å². The van der Waals surface area contributed by atoms with E-state index in [2.05, 4.69) is 58.7 Å². The molecule has 1 atom stereocenters. The molecule has 2 aromatic rings. The second-order valence-electron chi connectivity index (χ2n) is 6.91. The van der Waals surface area contributed by atoms with Gasteiger partial charge in [-0.05, 0) is 85.4 Å². The third-order valence-electron chi connectivity index (χ3n) is 4.93. The highest BCUT2D eigenvalue weighted by Crippen LogP contribution is 2.34. The van der Waals surface area contributed by atoms with Gasteiger partial charge >= 0.3 is 0 Å². The van der Waals surface area contributed by atoms with Crippen molar-refractivity contribution in [1.82, 2.24) is 4.98 Å². The van der Waals surface area contributed by atoms with Crippen LogP contribution in [0.2, 0.25) is 0 Å². The van der Waals surface area contributed by atoms with Crippen molar-refractivity contribution in [2.45, 2.75) is 38.6 Å². The Hall–Kier alpha value is -0.880. The van der Waals surface area contributed by atoms with Crippen LogP contribution in [0.5, 0.6) is 0 Å². The fraction of sp³-hybridized carbons (Fsp3) is 0.526. The van der Waals surface area contributed by atoms with Gasteiger partial charge in [0.2, 0.25) is 0 Å². The first-order chi connectivity index (χ1) is 11.2. The number of rotatable bonds is 5. The minimum Gasteiger partial charge on any atom is -0.379 e. The lowest BCUT2D eigenvalue weighted by Crippen LogP contribution is -2.33. The topological polar surface area (TPSA) is 25.4 Å². The third-order valence-corrected chi connectivity index (χ3v) is 5.60. The highest BCUT2D eigenvalue weighted by molar-refractivity contribution is 14.1. The Kier molecular flexibility index (Phi) is 4.46. The van der Waals surface area contributed by atoms with E-state index in [-0.39, 0.29) is 0 Å². The van der Waals surface area contributed by atoms with Crippen LogP contribution < -0.4 is 4.90 Å². The Balaban J connectivity index is 1.61. The van der Waals surface area contributed by atoms with Gasteiger partial charge in [0.1, 0.15) is 0 Å². The van der Waals surface area contributed by atoms with Crippen LogP contribution in [0.1, 0.15) is 31.4 Å². The molecule has 1 aliphatic carbocycles. The number of halogens is 1. The molecule has 0 radical (unpaired) electrons. The van der Waals surface area contributed by atoms with Crippen molar-refractivity contribution in [3.8, 4) is 0 Å². The van der Waals surface area contributed by atoms with E-state index in [0.717, 1.165) is 36.9 Å². The highest BCUT2D eigenvalue weighted by atomic mass is 127. The lowest BCUT2D eigenvalue weighted by molar-refractivity contribution is 0.112. The zero-order valence-electron chi connectivity index (χ0n) is 13.6. The second-order valence-corrected chi connectivity index (χ2v) is 8.16. The smallest absolute Gasteiger partial charge is 0.0736 e. The maximum atomic E-state index is 6.00. The molecule has 1 aromatic heterocycles. The molecular formula is C19H23IN2O. The Morgan fingerprint density at radius 2 is 2.09 bits per heavy atom. The van der Waals surface area contributed by atoms with Crippen LogP contribution in [-0.4, -0.2) is 30.8 Å². The molecule has 0 spiro atoms. The summed E-state index contributed by atoms with van der Waals surface area (Å²) < 4.78 is 7.24. The SMILES string of the molecule is Cc1cc(N2CCC[C@H]2COCC2CC2)c2ccc(I)cc2n1. The van der Waals surface area contributed by atoms with Gasteiger partial charge < -0.3 is 9.64 Å². The molecular weight excluding hydrogens is 399 g/mol. The lowest BCUT2D eigenvalue weighted by atomic mass is 10.1. The number of hydrogen-bond acceptors (Lipinski definition) is 3. The number of aromatic nitrogens is 1. The van der Waals surface area contributed by atoms with Crippen LogP contribution in [-0.2, 0) is 4.74 Å². The molecule has 2 aliphatic rings. The Morgan fingerprint density at radius 3 is 2.91 bits per heavy atom. The fourth-order valence-corrected chi connectivity index (χ4v) is 4.01. The quantitative estimate of drug-likeness (QED) is 0.662. The fourth-order valence-electron chi connectivity index (χ4n) is 3.53. The standard InChI is InChI=1S/C19H23IN2O/c1-13-9-19(17-7-6-15(20)10-18(17)21-13)22-8-2-3-16(22)12-23-11-14-4-5-14/h6-7,9-10,14,16H,2-5,8,11-12H2,1H3/t16-/m0/s1. The van der Waals surface area contributed by atoms with Crippen molar-refractivity contribution in [2.75, 3.05) is 24.7 Å². The van der Waals surface area contributed by atoms with Crippen LogP contribution in [0, 0.1) is 16.4 Å². The van der Waals surface area contributed by atoms with E-state index < -0.39 is 0 Å². The molecule has 1 saturated heterocycles. The summed E-state index contributed by atoms with van der Waals surface area (Å²) in [5, 5.41) is 1.27. The minimum absolute atomic E-state index is 0.512. The van der Waals surface area contributed by atoms with Crippen molar-refractivity contribution >= 4 is 39.2 Å². The molecule has 1 aliphatic heterocycles. The summed E-state index contributed by atoms with van der Waals surface area (Å²) in [6.45, 7) is 5.04. The molecule has 2 fully saturated rings. The molecule has 4 rings (SSSR count). The minimum atomic E-state index is 0.512. The summed E-state index contributed by atoms with van der Waals surface area (Å²) in [6, 6.07) is 9.34. The molecule has 1 aromatic carbocycles. The number of hydrogen-bond donors (Lipinski definition) is 0. The zero-order chi connectivity index (χ0) is 15.8. The van der Waals surface area contributed by atoms with Gasteiger partial charge in [0.05, 0.1) is 18.2 Å². The van der Waals surface area contributed by atoms with E-state index in [0.29, 0.717) is 6.04 Å². The first-order valence-electron chi connectivity index (χ1n) is 8.62. The number of benzene rings is 1. The van der Waals surface area contributed by atoms with Crippen LogP contribution in [0.15, 0.2) is 24.3 Å². The van der Waals surface area contributed by atoms with Crippen LogP contribution in [0.4, 0.5) is 5.69 Å². The summed E-state index contributed by atoms with van der Waals surface area (Å²) in [5.41, 5.74) is 3.54. The maximum absolute atomic E-state index is 6.00. The van der Waals surface area contributed by atoms with Gasteiger partial charge in [0, 0.05) is 33.5 Å². The molecule has 0 N–H and O–H groups in total. The summed E-state index contributed by atoms with van der Waals surface area (Å²) >= 11 is 2.36. The van der Waals surface area contributed by atoms with Gasteiger partial charge in [-0.2, -0.15) is 0 Å². The molecule has 0 unspecified atom stereocenters. The molecule has 2 heterocycles. The number of anilines is 1. The number of ether oxygens (including phenoxy) is 1. The maximum Gasteiger partial charge on any atom is 0.0736 e. The molecule has 0 amide bonds. The Morgan fingerprint density at radius 1 is 1.22 bits per heavy atom. The van der Waals surface area contributed by atoms with E-state index in [1.54, 1.807) is 0 Å². The average Bonchev–Trinajstić information content (AvgIpc) is 3.22. The first kappa shape index (κ1) is 15.6. The van der Waals surface area contributed by atoms with E-state index >= 15 is 0 Å². The highest BCUT2D eigenvalue weighted by Gasteiger charge is 2.28. The first-order valence-corrected chi connectivity index (χ1v) is 9.70. The van der Waals surface area contributed by atoms with Gasteiger partial charge in [0.25, 0.3) is 0 Å². The lowest BCUT2D eigenvalue weighted by Gasteiger charge is -2.28. The molecule has 23 heavy (non-hydrogen) atoms. The number of aryl methyl sites for hydroxylation is 1. The molecule has 1 saturated carbocycles. The number of pyridine rings is 1. The number of nitrogens with zero attached hydrogens (tertiary/aromatic N) is 2. The van der Waals surface area contributed by atoms with Gasteiger partial charge in [-0.1, -0.05) is 0 Å². The summed E-state index contributed by atoms with van der Waals surface area (Å²) in [6.07, 6.45) is 5.21. The summed E-state index contributed by atoms with van der Waals surface area (Å²) in [7, 11) is 0. The van der Waals surface area contributed by atoms with Crippen LogP contribution >= 0.6 is 22.6 Å². The van der Waals surface area contributed by atoms with E-state index in [4.69, 9.17) is 9.72 Å². The molecule has 0 bridgehead atoms. The predicted molar refractivity (Wildman–Crippen MR) is 103 cm³/mol. The Bertz CT molecular complexity index is 709. The Labute approximate surface area is 151 Å². The predicted octanol–water partition coefficient (Wildman–Crippen LogP) is 4.54. The van der Waals surface area contributed by atoms with Crippen LogP contribution in [0.3, 0.4) is 0 Å². The van der Waals surface area contributed by atoms with Crippen molar-refractivity contribution in [3.63, 3.8) is 0 Å². The van der Waals surface area contributed by atoms with E-state index in [1.165, 1.54) is 40.3 Å². The van der Waals surface area contributed by atoms with Crippen molar-refractivity contribution in [2.24, 2.45) is 5.92 Å². The van der Waals surface area contributed by atoms with Gasteiger partial charge in [-0.25, -0.2) is 0 Å². The largest absolute Gasteiger partial charge is 0.379 e. The zero-order valence-corrected chi connectivity index (χ0v) is 15.8. The summed E-state index contributed by atoms with van der Waals surface area (Å²) in [5.74, 6) is 0.843. The normalized spacial score (nSPS) is 21.3. The molecule has 4 heteroatoms. The second kappa shape index (κ2) is 6.55. The monoisotopic (exact) mass is 422 g/mol. The van der Waals surface area contributed by atoms with E-state index in [1.807, 2.05) is 0 Å². The van der Waals surface area contributed by atoms with Crippen molar-refractivity contribution in [3.05, 3.63) is 33.5 Å². The number of fused-ring (bicyclic) bond motifs is 1. The summed E-state index contributed by atoms with van der Waals surface area (Å²) in [4.78, 5) is 7.28. The van der Waals surface area contributed by atoms with Crippen LogP contribution in [0.25, 0.3) is 10.9 Å².